The summed E-state index contributed by atoms with van der Waals surface area (Å²) in [5.41, 5.74) is 2.30. The SMILES string of the molecule is CCOC(=O)Cc1ccc(NC(=O)NCc2snnc2C)cc1. The molecule has 122 valence electrons. The van der Waals surface area contributed by atoms with Crippen molar-refractivity contribution in [3.8, 4) is 0 Å². The van der Waals surface area contributed by atoms with Crippen LogP contribution < -0.4 is 10.6 Å². The second kappa shape index (κ2) is 8.23. The molecule has 2 aromatic rings. The van der Waals surface area contributed by atoms with Gasteiger partial charge in [-0.25, -0.2) is 4.79 Å². The summed E-state index contributed by atoms with van der Waals surface area (Å²) in [5.74, 6) is -0.264. The molecule has 0 aliphatic rings. The third kappa shape index (κ3) is 5.33. The fourth-order valence-electron chi connectivity index (χ4n) is 1.83. The first-order valence-corrected chi connectivity index (χ1v) is 7.93. The molecule has 1 heterocycles. The van der Waals surface area contributed by atoms with E-state index in [1.54, 1.807) is 31.2 Å². The van der Waals surface area contributed by atoms with Crippen LogP contribution in [0, 0.1) is 6.92 Å². The van der Waals surface area contributed by atoms with E-state index in [2.05, 4.69) is 20.2 Å². The predicted octanol–water partition coefficient (Wildman–Crippen LogP) is 2.27. The summed E-state index contributed by atoms with van der Waals surface area (Å²) >= 11 is 1.26. The topological polar surface area (TPSA) is 93.2 Å². The zero-order valence-electron chi connectivity index (χ0n) is 13.0. The van der Waals surface area contributed by atoms with Gasteiger partial charge in [-0.15, -0.1) is 5.10 Å². The number of rotatable bonds is 6. The van der Waals surface area contributed by atoms with Gasteiger partial charge in [-0.3, -0.25) is 4.79 Å². The number of amides is 2. The normalized spacial score (nSPS) is 10.2. The Kier molecular flexibility index (Phi) is 6.04. The van der Waals surface area contributed by atoms with E-state index in [-0.39, 0.29) is 18.4 Å². The predicted molar refractivity (Wildman–Crippen MR) is 87.3 cm³/mol. The molecule has 0 saturated heterocycles. The number of nitrogens with one attached hydrogen (secondary N) is 2. The summed E-state index contributed by atoms with van der Waals surface area (Å²) in [4.78, 5) is 24.1. The zero-order chi connectivity index (χ0) is 16.7. The van der Waals surface area contributed by atoms with Crippen molar-refractivity contribution in [1.82, 2.24) is 14.9 Å². The molecular weight excluding hydrogens is 316 g/mol. The molecule has 1 aromatic heterocycles. The largest absolute Gasteiger partial charge is 0.466 e. The first kappa shape index (κ1) is 16.9. The van der Waals surface area contributed by atoms with Crippen molar-refractivity contribution >= 4 is 29.2 Å². The van der Waals surface area contributed by atoms with E-state index < -0.39 is 0 Å². The van der Waals surface area contributed by atoms with Crippen molar-refractivity contribution in [3.05, 3.63) is 40.4 Å². The zero-order valence-corrected chi connectivity index (χ0v) is 13.8. The lowest BCUT2D eigenvalue weighted by Gasteiger charge is -2.08. The minimum absolute atomic E-state index is 0.220. The van der Waals surface area contributed by atoms with Crippen LogP contribution in [-0.2, 0) is 22.5 Å². The van der Waals surface area contributed by atoms with Crippen LogP contribution in [0.4, 0.5) is 10.5 Å². The molecule has 23 heavy (non-hydrogen) atoms. The Morgan fingerprint density at radius 3 is 2.61 bits per heavy atom. The standard InChI is InChI=1S/C15H18N4O3S/c1-3-22-14(20)8-11-4-6-12(7-5-11)17-15(21)16-9-13-10(2)18-19-23-13/h4-7H,3,8-9H2,1-2H3,(H2,16,17,21). The van der Waals surface area contributed by atoms with Crippen molar-refractivity contribution in [2.24, 2.45) is 0 Å². The summed E-state index contributed by atoms with van der Waals surface area (Å²) in [6.07, 6.45) is 0.220. The van der Waals surface area contributed by atoms with Gasteiger partial charge in [0, 0.05) is 5.69 Å². The van der Waals surface area contributed by atoms with Gasteiger partial charge < -0.3 is 15.4 Å². The van der Waals surface area contributed by atoms with E-state index in [1.165, 1.54) is 11.5 Å². The summed E-state index contributed by atoms with van der Waals surface area (Å²) in [5, 5.41) is 9.36. The molecule has 2 rings (SSSR count). The molecule has 0 spiro atoms. The average molecular weight is 334 g/mol. The number of nitrogens with zero attached hydrogens (tertiary/aromatic N) is 2. The van der Waals surface area contributed by atoms with Gasteiger partial charge in [-0.1, -0.05) is 16.6 Å². The Hall–Kier alpha value is -2.48. The van der Waals surface area contributed by atoms with Gasteiger partial charge >= 0.3 is 12.0 Å². The van der Waals surface area contributed by atoms with Gasteiger partial charge in [0.05, 0.1) is 30.1 Å². The minimum atomic E-state index is -0.309. The number of hydrogen-bond donors (Lipinski definition) is 2. The van der Waals surface area contributed by atoms with Gasteiger partial charge in [0.1, 0.15) is 0 Å². The Labute approximate surface area is 138 Å². The molecule has 7 nitrogen and oxygen atoms in total. The van der Waals surface area contributed by atoms with E-state index in [0.29, 0.717) is 18.8 Å². The lowest BCUT2D eigenvalue weighted by molar-refractivity contribution is -0.142. The molecule has 0 saturated carbocycles. The number of carbonyl (C=O) groups excluding carboxylic acids is 2. The molecule has 8 heteroatoms. The third-order valence-electron chi connectivity index (χ3n) is 3.02. The van der Waals surface area contributed by atoms with Crippen LogP contribution >= 0.6 is 11.5 Å². The molecule has 0 radical (unpaired) electrons. The molecule has 0 aliphatic carbocycles. The molecule has 0 atom stereocenters. The molecule has 0 fully saturated rings. The fourth-order valence-corrected chi connectivity index (χ4v) is 2.40. The number of ether oxygens (including phenoxy) is 1. The third-order valence-corrected chi connectivity index (χ3v) is 3.84. The van der Waals surface area contributed by atoms with Crippen LogP contribution in [0.1, 0.15) is 23.1 Å². The van der Waals surface area contributed by atoms with Crippen LogP contribution in [0.2, 0.25) is 0 Å². The summed E-state index contributed by atoms with van der Waals surface area (Å²) in [6, 6.07) is 6.74. The van der Waals surface area contributed by atoms with Gasteiger partial charge in [-0.2, -0.15) is 0 Å². The highest BCUT2D eigenvalue weighted by atomic mass is 32.1. The molecule has 0 aliphatic heterocycles. The highest BCUT2D eigenvalue weighted by Gasteiger charge is 2.07. The number of aromatic nitrogens is 2. The molecule has 0 unspecified atom stereocenters. The first-order chi connectivity index (χ1) is 11.1. The van der Waals surface area contributed by atoms with Gasteiger partial charge in [0.15, 0.2) is 0 Å². The monoisotopic (exact) mass is 334 g/mol. The fraction of sp³-hybridized carbons (Fsp3) is 0.333. The Morgan fingerprint density at radius 1 is 1.26 bits per heavy atom. The van der Waals surface area contributed by atoms with Gasteiger partial charge in [0.25, 0.3) is 0 Å². The van der Waals surface area contributed by atoms with Crippen LogP contribution in [0.15, 0.2) is 24.3 Å². The number of carbonyl (C=O) groups is 2. The maximum atomic E-state index is 11.8. The van der Waals surface area contributed by atoms with E-state index in [9.17, 15) is 9.59 Å². The van der Waals surface area contributed by atoms with Crippen molar-refractivity contribution in [2.45, 2.75) is 26.8 Å². The minimum Gasteiger partial charge on any atom is -0.466 e. The summed E-state index contributed by atoms with van der Waals surface area (Å²) in [6.45, 7) is 4.37. The van der Waals surface area contributed by atoms with Crippen molar-refractivity contribution in [1.29, 1.82) is 0 Å². The molecule has 2 N–H and O–H groups in total. The maximum Gasteiger partial charge on any atom is 0.319 e. The Morgan fingerprint density at radius 2 is 2.00 bits per heavy atom. The quantitative estimate of drug-likeness (QED) is 0.791. The lowest BCUT2D eigenvalue weighted by atomic mass is 10.1. The Bertz CT molecular complexity index is 670. The van der Waals surface area contributed by atoms with E-state index in [1.807, 2.05) is 6.92 Å². The average Bonchev–Trinajstić information content (AvgIpc) is 2.93. The first-order valence-electron chi connectivity index (χ1n) is 7.15. The van der Waals surface area contributed by atoms with E-state index in [4.69, 9.17) is 4.74 Å². The molecule has 1 aromatic carbocycles. The number of hydrogen-bond acceptors (Lipinski definition) is 6. The molecular formula is C15H18N4O3S. The van der Waals surface area contributed by atoms with Gasteiger partial charge in [0.2, 0.25) is 0 Å². The number of benzene rings is 1. The summed E-state index contributed by atoms with van der Waals surface area (Å²) < 4.78 is 8.70. The van der Waals surface area contributed by atoms with Crippen molar-refractivity contribution < 1.29 is 14.3 Å². The van der Waals surface area contributed by atoms with Crippen molar-refractivity contribution in [2.75, 3.05) is 11.9 Å². The maximum absolute atomic E-state index is 11.8. The van der Waals surface area contributed by atoms with Crippen LogP contribution in [0.25, 0.3) is 0 Å². The number of aryl methyl sites for hydroxylation is 1. The van der Waals surface area contributed by atoms with Crippen LogP contribution in [-0.4, -0.2) is 28.2 Å². The molecule has 2 amide bonds. The number of urea groups is 1. The van der Waals surface area contributed by atoms with E-state index >= 15 is 0 Å². The highest BCUT2D eigenvalue weighted by molar-refractivity contribution is 7.05. The number of anilines is 1. The number of esters is 1. The van der Waals surface area contributed by atoms with E-state index in [0.717, 1.165) is 16.1 Å². The summed E-state index contributed by atoms with van der Waals surface area (Å²) in [7, 11) is 0. The van der Waals surface area contributed by atoms with Crippen LogP contribution in [0.3, 0.4) is 0 Å². The lowest BCUT2D eigenvalue weighted by Crippen LogP contribution is -2.28. The highest BCUT2D eigenvalue weighted by Crippen LogP contribution is 2.11. The van der Waals surface area contributed by atoms with Gasteiger partial charge in [-0.05, 0) is 43.1 Å². The van der Waals surface area contributed by atoms with Crippen LogP contribution in [0.5, 0.6) is 0 Å². The smallest absolute Gasteiger partial charge is 0.319 e. The Balaban J connectivity index is 1.82. The molecule has 0 bridgehead atoms. The second-order valence-corrected chi connectivity index (χ2v) is 5.61. The second-order valence-electron chi connectivity index (χ2n) is 4.77. The van der Waals surface area contributed by atoms with Crippen molar-refractivity contribution in [3.63, 3.8) is 0 Å².